The number of aryl methyl sites for hydroxylation is 1. The van der Waals surface area contributed by atoms with Crippen LogP contribution in [0.3, 0.4) is 0 Å². The molecule has 2 aliphatic heterocycles. The fourth-order valence-electron chi connectivity index (χ4n) is 8.17. The van der Waals surface area contributed by atoms with Crippen molar-refractivity contribution in [1.82, 2.24) is 34.5 Å². The highest BCUT2D eigenvalue weighted by molar-refractivity contribution is 6.05. The van der Waals surface area contributed by atoms with E-state index in [1.54, 1.807) is 22.9 Å². The number of allylic oxidation sites excluding steroid dienone is 1. The summed E-state index contributed by atoms with van der Waals surface area (Å²) in [7, 11) is 2.05. The third-order valence-electron chi connectivity index (χ3n) is 11.5. The van der Waals surface area contributed by atoms with E-state index in [1.807, 2.05) is 49.4 Å². The number of hydrogen-bond acceptors (Lipinski definition) is 11. The number of fused-ring (bicyclic) bond motifs is 3. The van der Waals surface area contributed by atoms with Crippen LogP contribution in [0.4, 0.5) is 17.3 Å². The van der Waals surface area contributed by atoms with Crippen molar-refractivity contribution in [3.05, 3.63) is 106 Å². The average molecular weight is 786 g/mol. The van der Waals surface area contributed by atoms with Crippen LogP contribution in [0.1, 0.15) is 79.0 Å². The molecule has 1 unspecified atom stereocenters. The number of carbonyl (C=O) groups excluding carboxylic acids is 3. The molecule has 2 atom stereocenters. The van der Waals surface area contributed by atoms with Gasteiger partial charge in [-0.05, 0) is 93.0 Å². The largest absolute Gasteiger partial charge is 0.493 e. The van der Waals surface area contributed by atoms with Crippen LogP contribution < -0.4 is 25.8 Å². The number of hydrogen-bond donors (Lipinski definition) is 3. The zero-order chi connectivity index (χ0) is 40.6. The number of aliphatic hydroxyl groups is 1. The second-order valence-electron chi connectivity index (χ2n) is 15.2. The van der Waals surface area contributed by atoms with Crippen molar-refractivity contribution in [3.63, 3.8) is 0 Å². The maximum Gasteiger partial charge on any atom is 0.278 e. The van der Waals surface area contributed by atoms with Gasteiger partial charge in [0.25, 0.3) is 11.5 Å². The van der Waals surface area contributed by atoms with Crippen LogP contribution >= 0.6 is 0 Å². The summed E-state index contributed by atoms with van der Waals surface area (Å²) < 4.78 is 9.34. The van der Waals surface area contributed by atoms with Gasteiger partial charge in [-0.3, -0.25) is 24.5 Å². The predicted octanol–water partition coefficient (Wildman–Crippen LogP) is 4.90. The molecule has 5 heterocycles. The lowest BCUT2D eigenvalue weighted by Gasteiger charge is -2.29. The molecule has 300 valence electrons. The summed E-state index contributed by atoms with van der Waals surface area (Å²) in [4.78, 5) is 68.5. The number of nitrogens with one attached hydrogen (secondary N) is 2. The van der Waals surface area contributed by atoms with Crippen LogP contribution in [0.5, 0.6) is 5.75 Å². The molecule has 3 aromatic heterocycles. The van der Waals surface area contributed by atoms with E-state index in [9.17, 15) is 24.3 Å². The fraction of sp³-hybridized carbons (Fsp3) is 0.372. The number of anilines is 3. The molecule has 1 aliphatic carbocycles. The van der Waals surface area contributed by atoms with Crippen LogP contribution in [0.2, 0.25) is 0 Å². The second-order valence-corrected chi connectivity index (χ2v) is 15.2. The van der Waals surface area contributed by atoms with Gasteiger partial charge in [0.1, 0.15) is 22.8 Å². The molecule has 1 saturated heterocycles. The van der Waals surface area contributed by atoms with E-state index in [0.717, 1.165) is 54.7 Å². The minimum Gasteiger partial charge on any atom is -0.493 e. The number of nitrogens with zero attached hydrogens (tertiary/aromatic N) is 7. The van der Waals surface area contributed by atoms with E-state index in [0.29, 0.717) is 65.7 Å². The molecule has 8 rings (SSSR count). The average Bonchev–Trinajstić information content (AvgIpc) is 3.84. The number of benzene rings is 2. The third-order valence-corrected chi connectivity index (χ3v) is 11.5. The number of aromatic nitrogens is 5. The first-order valence-electron chi connectivity index (χ1n) is 19.9. The Morgan fingerprint density at radius 3 is 2.66 bits per heavy atom. The Hall–Kier alpha value is -6.35. The minimum absolute atomic E-state index is 0.213. The van der Waals surface area contributed by atoms with Gasteiger partial charge in [-0.2, -0.15) is 4.98 Å². The summed E-state index contributed by atoms with van der Waals surface area (Å²) in [6.07, 6.45) is 8.35. The molecule has 3 aliphatic rings. The van der Waals surface area contributed by atoms with Gasteiger partial charge in [0.05, 0.1) is 25.4 Å². The molecule has 3 N–H and O–H groups in total. The number of ether oxygens (including phenoxy) is 1. The summed E-state index contributed by atoms with van der Waals surface area (Å²) in [5.41, 5.74) is 3.94. The van der Waals surface area contributed by atoms with E-state index < -0.39 is 17.6 Å². The highest BCUT2D eigenvalue weighted by Gasteiger charge is 2.40. The predicted molar refractivity (Wildman–Crippen MR) is 218 cm³/mol. The van der Waals surface area contributed by atoms with Crippen molar-refractivity contribution in [1.29, 1.82) is 0 Å². The molecule has 15 nitrogen and oxygen atoms in total. The first-order chi connectivity index (χ1) is 28.1. The van der Waals surface area contributed by atoms with Crippen LogP contribution in [-0.2, 0) is 34.7 Å². The first-order valence-corrected chi connectivity index (χ1v) is 19.9. The van der Waals surface area contributed by atoms with Crippen LogP contribution in [0.15, 0.2) is 78.2 Å². The smallest absolute Gasteiger partial charge is 0.278 e. The maximum atomic E-state index is 13.5. The Balaban J connectivity index is 0.859. The number of rotatable bonds is 15. The van der Waals surface area contributed by atoms with Gasteiger partial charge in [-0.1, -0.05) is 25.1 Å². The highest BCUT2D eigenvalue weighted by Crippen LogP contribution is 2.39. The van der Waals surface area contributed by atoms with Crippen LogP contribution in [0.25, 0.3) is 16.9 Å². The summed E-state index contributed by atoms with van der Waals surface area (Å²) in [5.74, 6) is 0.516. The van der Waals surface area contributed by atoms with Gasteiger partial charge in [-0.25, -0.2) is 19.3 Å². The quantitative estimate of drug-likeness (QED) is 0.0748. The van der Waals surface area contributed by atoms with Gasteiger partial charge in [0.15, 0.2) is 11.5 Å². The zero-order valence-corrected chi connectivity index (χ0v) is 32.7. The maximum absolute atomic E-state index is 13.5. The van der Waals surface area contributed by atoms with Crippen molar-refractivity contribution < 1.29 is 24.2 Å². The van der Waals surface area contributed by atoms with Crippen molar-refractivity contribution in [2.45, 2.75) is 83.0 Å². The molecule has 0 saturated carbocycles. The van der Waals surface area contributed by atoms with Gasteiger partial charge in [0.2, 0.25) is 17.8 Å². The SMILES string of the molecule is C=CCn1c(=O)c2cnc(Nc3ccc(N(C)CCCCCOc4cccc5c4CN(C4CCC(=O)NC4=O)C5=O)cc3)nc2n1-c1ccc2c(n1)[C@@](O)(CC)CC2. The fourth-order valence-corrected chi connectivity index (χ4v) is 8.17. The van der Waals surface area contributed by atoms with Gasteiger partial charge >= 0.3 is 0 Å². The molecule has 5 aromatic rings. The van der Waals surface area contributed by atoms with Crippen LogP contribution in [-0.4, -0.2) is 78.3 Å². The molecule has 0 spiro atoms. The summed E-state index contributed by atoms with van der Waals surface area (Å²) in [6.45, 7) is 7.65. The number of amides is 3. The van der Waals surface area contributed by atoms with Crippen molar-refractivity contribution >= 4 is 46.1 Å². The standard InChI is InChI=1S/C43H47N9O6/c1-4-22-51-41(56)31-25-44-42(48-38(31)52(51)35-18-12-27-20-21-43(57,5-2)37(27)46-35)45-28-13-15-29(16-14-28)49(3)23-7-6-8-24-58-34-11-9-10-30-32(34)26-50(40(30)55)33-17-19-36(53)47-39(33)54/h4,9-16,18,25,33,57H,1,5-8,17,19-24,26H2,2-3H3,(H,44,45,48)(H,47,53,54)/t33?,43-/m1/s1. The normalized spacial score (nSPS) is 18.6. The highest BCUT2D eigenvalue weighted by atomic mass is 16.5. The number of pyridine rings is 1. The summed E-state index contributed by atoms with van der Waals surface area (Å²) >= 11 is 0. The van der Waals surface area contributed by atoms with E-state index in [1.165, 1.54) is 15.8 Å². The van der Waals surface area contributed by atoms with E-state index >= 15 is 0 Å². The molecule has 3 amide bonds. The zero-order valence-electron chi connectivity index (χ0n) is 32.7. The molecule has 15 heteroatoms. The lowest BCUT2D eigenvalue weighted by Crippen LogP contribution is -2.52. The second kappa shape index (κ2) is 15.9. The monoisotopic (exact) mass is 785 g/mol. The third kappa shape index (κ3) is 7.21. The molecule has 1 fully saturated rings. The lowest BCUT2D eigenvalue weighted by atomic mass is 9.98. The Morgan fingerprint density at radius 1 is 1.05 bits per heavy atom. The number of carbonyl (C=O) groups is 3. The molecular formula is C43H47N9O6. The Morgan fingerprint density at radius 2 is 1.88 bits per heavy atom. The molecule has 58 heavy (non-hydrogen) atoms. The van der Waals surface area contributed by atoms with Crippen molar-refractivity contribution in [2.75, 3.05) is 30.4 Å². The van der Waals surface area contributed by atoms with Gasteiger partial charge in [-0.15, -0.1) is 6.58 Å². The lowest BCUT2D eigenvalue weighted by molar-refractivity contribution is -0.136. The topological polar surface area (TPSA) is 177 Å². The van der Waals surface area contributed by atoms with E-state index in [4.69, 9.17) is 14.7 Å². The van der Waals surface area contributed by atoms with Crippen molar-refractivity contribution in [3.8, 4) is 11.6 Å². The molecule has 0 bridgehead atoms. The van der Waals surface area contributed by atoms with Gasteiger partial charge in [0, 0.05) is 48.7 Å². The number of piperidine rings is 1. The Kier molecular flexibility index (Phi) is 10.6. The molecule has 0 radical (unpaired) electrons. The Labute approximate surface area is 335 Å². The summed E-state index contributed by atoms with van der Waals surface area (Å²) in [5, 5.41) is 17.2. The van der Waals surface area contributed by atoms with E-state index in [-0.39, 0.29) is 36.9 Å². The first kappa shape index (κ1) is 38.5. The van der Waals surface area contributed by atoms with Gasteiger partial charge < -0.3 is 25.0 Å². The van der Waals surface area contributed by atoms with Crippen molar-refractivity contribution in [2.24, 2.45) is 0 Å². The number of unbranched alkanes of at least 4 members (excludes halogenated alkanes) is 2. The van der Waals surface area contributed by atoms with E-state index in [2.05, 4.69) is 34.1 Å². The van der Waals surface area contributed by atoms with Crippen LogP contribution in [0, 0.1) is 0 Å². The minimum atomic E-state index is -1.00. The molecular weight excluding hydrogens is 739 g/mol. The Bertz CT molecular complexity index is 2480. The number of imide groups is 1. The molecule has 2 aromatic carbocycles. The summed E-state index contributed by atoms with van der Waals surface area (Å²) in [6, 6.07) is 16.6.